The highest BCUT2D eigenvalue weighted by molar-refractivity contribution is 7.78. The largest absolute Gasteiger partial charge is 0.573 e. The summed E-state index contributed by atoms with van der Waals surface area (Å²) in [5, 5.41) is 0. The van der Waals surface area contributed by atoms with Crippen LogP contribution in [0.3, 0.4) is 0 Å². The Kier molecular flexibility index (Phi) is 5.66. The third kappa shape index (κ3) is 5.08. The van der Waals surface area contributed by atoms with Crippen LogP contribution in [-0.4, -0.2) is 20.1 Å². The van der Waals surface area contributed by atoms with Crippen molar-refractivity contribution in [3.8, 4) is 28.0 Å². The molecule has 0 aliphatic carbocycles. The number of anilines is 1. The summed E-state index contributed by atoms with van der Waals surface area (Å²) >= 11 is -1.92. The van der Waals surface area contributed by atoms with Gasteiger partial charge < -0.3 is 15.0 Å². The number of pyridine rings is 1. The van der Waals surface area contributed by atoms with E-state index < -0.39 is 17.4 Å². The standard InChI is InChI=1S/C19H15F3N2O3S/c20-19(21,22)27-16-7-5-14(6-8-16)17-9-15(10-24-18(17)23)13-3-1-12(2-4-13)11-28(25)26/h1-10H,11H2,(H2,23,24)(H,25,26). The van der Waals surface area contributed by atoms with Gasteiger partial charge in [0.25, 0.3) is 0 Å². The van der Waals surface area contributed by atoms with Crippen molar-refractivity contribution >= 4 is 16.9 Å². The molecule has 9 heteroatoms. The molecule has 0 amide bonds. The van der Waals surface area contributed by atoms with Crippen molar-refractivity contribution in [3.05, 3.63) is 66.4 Å². The first kappa shape index (κ1) is 19.8. The zero-order valence-corrected chi connectivity index (χ0v) is 15.1. The fourth-order valence-electron chi connectivity index (χ4n) is 2.64. The number of alkyl halides is 3. The van der Waals surface area contributed by atoms with Crippen molar-refractivity contribution in [2.24, 2.45) is 0 Å². The van der Waals surface area contributed by atoms with Gasteiger partial charge in [-0.25, -0.2) is 9.19 Å². The highest BCUT2D eigenvalue weighted by Gasteiger charge is 2.31. The predicted octanol–water partition coefficient (Wildman–Crippen LogP) is 4.62. The summed E-state index contributed by atoms with van der Waals surface area (Å²) in [4.78, 5) is 4.16. The number of hydrogen-bond acceptors (Lipinski definition) is 4. The van der Waals surface area contributed by atoms with Crippen molar-refractivity contribution in [1.29, 1.82) is 0 Å². The van der Waals surface area contributed by atoms with Crippen LogP contribution in [-0.2, 0) is 16.8 Å². The van der Waals surface area contributed by atoms with Crippen LogP contribution in [0.1, 0.15) is 5.56 Å². The van der Waals surface area contributed by atoms with Gasteiger partial charge in [0.15, 0.2) is 11.1 Å². The van der Waals surface area contributed by atoms with Gasteiger partial charge in [0, 0.05) is 17.3 Å². The van der Waals surface area contributed by atoms with Crippen LogP contribution in [0.2, 0.25) is 0 Å². The van der Waals surface area contributed by atoms with Crippen LogP contribution in [0, 0.1) is 0 Å². The van der Waals surface area contributed by atoms with Crippen LogP contribution in [0.15, 0.2) is 60.8 Å². The molecule has 1 atom stereocenters. The first-order chi connectivity index (χ1) is 13.2. The van der Waals surface area contributed by atoms with Crippen LogP contribution in [0.5, 0.6) is 5.75 Å². The number of nitrogens with two attached hydrogens (primary N) is 1. The first-order valence-corrected chi connectivity index (χ1v) is 9.27. The highest BCUT2D eigenvalue weighted by atomic mass is 32.2. The Balaban J connectivity index is 1.88. The SMILES string of the molecule is Nc1ncc(-c2ccc(CS(=O)O)cc2)cc1-c1ccc(OC(F)(F)F)cc1. The molecule has 28 heavy (non-hydrogen) atoms. The molecule has 146 valence electrons. The molecular weight excluding hydrogens is 393 g/mol. The minimum atomic E-state index is -4.75. The minimum absolute atomic E-state index is 0.0395. The number of aromatic nitrogens is 1. The van der Waals surface area contributed by atoms with Crippen molar-refractivity contribution in [1.82, 2.24) is 4.98 Å². The van der Waals surface area contributed by atoms with Gasteiger partial charge in [-0.1, -0.05) is 36.4 Å². The Morgan fingerprint density at radius 2 is 1.61 bits per heavy atom. The molecule has 0 saturated carbocycles. The zero-order chi connectivity index (χ0) is 20.3. The number of halogens is 3. The van der Waals surface area contributed by atoms with Gasteiger partial charge in [-0.3, -0.25) is 0 Å². The molecule has 0 spiro atoms. The average molecular weight is 408 g/mol. The number of ether oxygens (including phenoxy) is 1. The van der Waals surface area contributed by atoms with Crippen LogP contribution >= 0.6 is 0 Å². The van der Waals surface area contributed by atoms with E-state index in [4.69, 9.17) is 10.3 Å². The van der Waals surface area contributed by atoms with Gasteiger partial charge in [0.05, 0.1) is 5.75 Å². The third-order valence-electron chi connectivity index (χ3n) is 3.89. The lowest BCUT2D eigenvalue weighted by atomic mass is 10.0. The molecule has 3 N–H and O–H groups in total. The molecule has 3 aromatic rings. The molecule has 2 aromatic carbocycles. The van der Waals surface area contributed by atoms with E-state index >= 15 is 0 Å². The molecule has 1 aromatic heterocycles. The van der Waals surface area contributed by atoms with Crippen LogP contribution < -0.4 is 10.5 Å². The van der Waals surface area contributed by atoms with E-state index in [1.165, 1.54) is 24.3 Å². The van der Waals surface area contributed by atoms with E-state index in [1.54, 1.807) is 36.5 Å². The van der Waals surface area contributed by atoms with Crippen molar-refractivity contribution in [2.45, 2.75) is 12.1 Å². The zero-order valence-electron chi connectivity index (χ0n) is 14.3. The fourth-order valence-corrected chi connectivity index (χ4v) is 3.11. The van der Waals surface area contributed by atoms with Crippen LogP contribution in [0.25, 0.3) is 22.3 Å². The Morgan fingerprint density at radius 3 is 2.18 bits per heavy atom. The predicted molar refractivity (Wildman–Crippen MR) is 101 cm³/mol. The quantitative estimate of drug-likeness (QED) is 0.602. The van der Waals surface area contributed by atoms with Gasteiger partial charge in [-0.15, -0.1) is 13.2 Å². The maximum absolute atomic E-state index is 12.3. The number of benzene rings is 2. The lowest BCUT2D eigenvalue weighted by Crippen LogP contribution is -2.16. The second-order valence-corrected chi connectivity index (χ2v) is 6.82. The van der Waals surface area contributed by atoms with E-state index in [1.807, 2.05) is 0 Å². The van der Waals surface area contributed by atoms with E-state index in [2.05, 4.69) is 9.72 Å². The summed E-state index contributed by atoms with van der Waals surface area (Å²) in [6.07, 6.45) is -3.17. The molecule has 0 bridgehead atoms. The van der Waals surface area contributed by atoms with Gasteiger partial charge >= 0.3 is 6.36 Å². The number of nitrogens with zero attached hydrogens (tertiary/aromatic N) is 1. The van der Waals surface area contributed by atoms with Crippen molar-refractivity contribution in [3.63, 3.8) is 0 Å². The summed E-state index contributed by atoms with van der Waals surface area (Å²) in [5.41, 5.74) is 9.37. The van der Waals surface area contributed by atoms with Crippen molar-refractivity contribution in [2.75, 3.05) is 5.73 Å². The Hall–Kier alpha value is -2.91. The molecule has 1 heterocycles. The number of nitrogen functional groups attached to an aromatic ring is 1. The molecule has 1 unspecified atom stereocenters. The summed E-state index contributed by atoms with van der Waals surface area (Å²) in [7, 11) is 0. The summed E-state index contributed by atoms with van der Waals surface area (Å²) < 4.78 is 60.5. The monoisotopic (exact) mass is 408 g/mol. The van der Waals surface area contributed by atoms with Crippen molar-refractivity contribution < 1.29 is 26.7 Å². The molecule has 0 saturated heterocycles. The van der Waals surface area contributed by atoms with E-state index in [9.17, 15) is 17.4 Å². The maximum Gasteiger partial charge on any atom is 0.573 e. The lowest BCUT2D eigenvalue weighted by molar-refractivity contribution is -0.274. The molecule has 5 nitrogen and oxygen atoms in total. The van der Waals surface area contributed by atoms with E-state index in [0.29, 0.717) is 16.7 Å². The smallest absolute Gasteiger partial charge is 0.406 e. The summed E-state index contributed by atoms with van der Waals surface area (Å²) in [5.74, 6) is -0.0472. The molecule has 3 rings (SSSR count). The molecule has 0 aliphatic heterocycles. The second-order valence-electron chi connectivity index (χ2n) is 5.89. The first-order valence-electron chi connectivity index (χ1n) is 8.00. The number of hydrogen-bond donors (Lipinski definition) is 2. The Bertz CT molecular complexity index is 991. The third-order valence-corrected chi connectivity index (χ3v) is 4.48. The van der Waals surface area contributed by atoms with Gasteiger partial charge in [-0.2, -0.15) is 0 Å². The Morgan fingerprint density at radius 1 is 1.00 bits per heavy atom. The maximum atomic E-state index is 12.3. The topological polar surface area (TPSA) is 85.4 Å². The summed E-state index contributed by atoms with van der Waals surface area (Å²) in [6.45, 7) is 0. The highest BCUT2D eigenvalue weighted by Crippen LogP contribution is 2.32. The molecule has 0 radical (unpaired) electrons. The minimum Gasteiger partial charge on any atom is -0.406 e. The average Bonchev–Trinajstić information content (AvgIpc) is 2.62. The molecule has 0 aliphatic rings. The molecular formula is C19H15F3N2O3S. The normalized spacial score (nSPS) is 12.6. The fraction of sp³-hybridized carbons (Fsp3) is 0.105. The van der Waals surface area contributed by atoms with Crippen LogP contribution in [0.4, 0.5) is 19.0 Å². The van der Waals surface area contributed by atoms with Gasteiger partial charge in [0.2, 0.25) is 0 Å². The van der Waals surface area contributed by atoms with Gasteiger partial charge in [0.1, 0.15) is 11.6 Å². The summed E-state index contributed by atoms with van der Waals surface area (Å²) in [6, 6.07) is 14.2. The van der Waals surface area contributed by atoms with E-state index in [0.717, 1.165) is 11.1 Å². The molecule has 0 fully saturated rings. The second kappa shape index (κ2) is 7.99. The van der Waals surface area contributed by atoms with Gasteiger partial charge in [-0.05, 0) is 34.9 Å². The lowest BCUT2D eigenvalue weighted by Gasteiger charge is -2.11. The number of rotatable bonds is 5. The Labute approximate surface area is 161 Å². The van der Waals surface area contributed by atoms with E-state index in [-0.39, 0.29) is 17.3 Å².